The Kier molecular flexibility index (Phi) is 5.10. The van der Waals surface area contributed by atoms with Crippen LogP contribution in [0.3, 0.4) is 0 Å². The predicted octanol–water partition coefficient (Wildman–Crippen LogP) is 3.31. The van der Waals surface area contributed by atoms with Gasteiger partial charge in [0.2, 0.25) is 11.8 Å². The summed E-state index contributed by atoms with van der Waals surface area (Å²) in [6, 6.07) is 7.54. The second-order valence-corrected chi connectivity index (χ2v) is 9.74. The minimum Gasteiger partial charge on any atom is -0.485 e. The van der Waals surface area contributed by atoms with Gasteiger partial charge in [-0.2, -0.15) is 0 Å². The number of alkyl halides is 2. The molecule has 33 heavy (non-hydrogen) atoms. The molecule has 2 aromatic rings. The number of fused-ring (bicyclic) bond motifs is 1. The van der Waals surface area contributed by atoms with Crippen LogP contribution in [0.5, 0.6) is 5.75 Å². The molecule has 174 valence electrons. The molecule has 9 heteroatoms. The van der Waals surface area contributed by atoms with Crippen molar-refractivity contribution in [3.05, 3.63) is 54.1 Å². The minimum absolute atomic E-state index is 0.142. The van der Waals surface area contributed by atoms with Crippen LogP contribution in [0.2, 0.25) is 0 Å². The van der Waals surface area contributed by atoms with Gasteiger partial charge in [-0.05, 0) is 6.07 Å². The molecule has 2 amide bonds. The fraction of sp³-hybridized carbons (Fsp3) is 0.500. The van der Waals surface area contributed by atoms with Crippen molar-refractivity contribution in [1.29, 1.82) is 0 Å². The molecule has 0 radical (unpaired) electrons. The van der Waals surface area contributed by atoms with Crippen LogP contribution >= 0.6 is 0 Å². The van der Waals surface area contributed by atoms with Gasteiger partial charge in [-0.15, -0.1) is 0 Å². The lowest BCUT2D eigenvalue weighted by Gasteiger charge is -2.47. The zero-order chi connectivity index (χ0) is 23.3. The number of benzene rings is 1. The monoisotopic (exact) mass is 456 g/mol. The number of likely N-dealkylation sites (tertiary alicyclic amines) is 1. The van der Waals surface area contributed by atoms with E-state index in [-0.39, 0.29) is 11.8 Å². The van der Waals surface area contributed by atoms with E-state index in [0.29, 0.717) is 50.3 Å². The van der Waals surface area contributed by atoms with Crippen molar-refractivity contribution >= 4 is 11.8 Å². The molecule has 1 aliphatic carbocycles. The number of nitrogens with zero attached hydrogens (tertiary/aromatic N) is 4. The maximum atomic E-state index is 13.6. The number of ether oxygens (including phenoxy) is 1. The third kappa shape index (κ3) is 4.05. The maximum Gasteiger partial charge on any atom is 0.256 e. The second-order valence-electron chi connectivity index (χ2n) is 9.74. The Bertz CT molecular complexity index is 1060. The highest BCUT2D eigenvalue weighted by Gasteiger charge is 2.59. The number of carbonyl (C=O) groups is 2. The third-order valence-corrected chi connectivity index (χ3v) is 7.01. The highest BCUT2D eigenvalue weighted by atomic mass is 19.3. The number of carbonyl (C=O) groups excluding carboxylic acids is 2. The molecule has 0 atom stereocenters. The molecule has 1 spiro atoms. The molecule has 3 aliphatic rings. The van der Waals surface area contributed by atoms with E-state index in [0.717, 1.165) is 5.56 Å². The molecule has 5 rings (SSSR count). The number of piperidine rings is 1. The minimum atomic E-state index is -2.78. The van der Waals surface area contributed by atoms with Crippen LogP contribution in [0.15, 0.2) is 43.0 Å². The summed E-state index contributed by atoms with van der Waals surface area (Å²) in [7, 11) is 0. The SMILES string of the molecule is CC1(C(=O)N2Cc3ccccc3OC3(CCN(C(=O)c4cncnc4)CC3)C2)CC(F)(F)C1. The first-order valence-electron chi connectivity index (χ1n) is 11.2. The van der Waals surface area contributed by atoms with E-state index in [1.165, 1.54) is 18.7 Å². The molecule has 1 aromatic carbocycles. The Morgan fingerprint density at radius 1 is 1.03 bits per heavy atom. The van der Waals surface area contributed by atoms with E-state index >= 15 is 0 Å². The van der Waals surface area contributed by atoms with Gasteiger partial charge >= 0.3 is 0 Å². The third-order valence-electron chi connectivity index (χ3n) is 7.01. The Morgan fingerprint density at radius 2 is 1.70 bits per heavy atom. The summed E-state index contributed by atoms with van der Waals surface area (Å²) in [5.74, 6) is -2.48. The number of hydrogen-bond donors (Lipinski definition) is 0. The highest BCUT2D eigenvalue weighted by molar-refractivity contribution is 5.93. The van der Waals surface area contributed by atoms with E-state index in [1.807, 2.05) is 24.3 Å². The summed E-state index contributed by atoms with van der Waals surface area (Å²) in [6.45, 7) is 3.15. The van der Waals surface area contributed by atoms with Gasteiger partial charge in [0.15, 0.2) is 0 Å². The first kappa shape index (κ1) is 21.7. The molecule has 1 saturated carbocycles. The van der Waals surface area contributed by atoms with Gasteiger partial charge in [0.1, 0.15) is 17.7 Å². The van der Waals surface area contributed by atoms with Gasteiger partial charge in [-0.25, -0.2) is 18.7 Å². The Hall–Kier alpha value is -3.10. The largest absolute Gasteiger partial charge is 0.485 e. The molecule has 3 heterocycles. The van der Waals surface area contributed by atoms with E-state index in [2.05, 4.69) is 9.97 Å². The average molecular weight is 456 g/mol. The zero-order valence-corrected chi connectivity index (χ0v) is 18.5. The Morgan fingerprint density at radius 3 is 2.36 bits per heavy atom. The molecule has 0 bridgehead atoms. The Labute approximate surface area is 190 Å². The van der Waals surface area contributed by atoms with Gasteiger partial charge in [0.25, 0.3) is 5.91 Å². The molecule has 2 aliphatic heterocycles. The van der Waals surface area contributed by atoms with Crippen molar-refractivity contribution in [3.8, 4) is 5.75 Å². The lowest BCUT2D eigenvalue weighted by Crippen LogP contribution is -2.59. The van der Waals surface area contributed by atoms with Crippen molar-refractivity contribution < 1.29 is 23.1 Å². The van der Waals surface area contributed by atoms with Crippen molar-refractivity contribution in [1.82, 2.24) is 19.8 Å². The van der Waals surface area contributed by atoms with Gasteiger partial charge < -0.3 is 14.5 Å². The van der Waals surface area contributed by atoms with Crippen LogP contribution in [-0.4, -0.2) is 62.7 Å². The van der Waals surface area contributed by atoms with E-state index in [1.54, 1.807) is 16.7 Å². The van der Waals surface area contributed by atoms with Crippen LogP contribution in [0, 0.1) is 5.41 Å². The van der Waals surface area contributed by atoms with Crippen LogP contribution in [0.4, 0.5) is 8.78 Å². The number of para-hydroxylation sites is 1. The van der Waals surface area contributed by atoms with Crippen LogP contribution < -0.4 is 4.74 Å². The fourth-order valence-corrected chi connectivity index (χ4v) is 5.34. The lowest BCUT2D eigenvalue weighted by atomic mass is 9.66. The van der Waals surface area contributed by atoms with Crippen LogP contribution in [0.1, 0.15) is 48.5 Å². The summed E-state index contributed by atoms with van der Waals surface area (Å²) in [6.07, 6.45) is 4.57. The van der Waals surface area contributed by atoms with Crippen molar-refractivity contribution in [2.24, 2.45) is 5.41 Å². The van der Waals surface area contributed by atoms with Crippen LogP contribution in [-0.2, 0) is 11.3 Å². The smallest absolute Gasteiger partial charge is 0.256 e. The fourth-order valence-electron chi connectivity index (χ4n) is 5.34. The standard InChI is InChI=1S/C24H26F2N4O3/c1-22(13-24(25,26)14-22)21(32)30-12-17-4-2-3-5-19(17)33-23(15-30)6-8-29(9-7-23)20(31)18-10-27-16-28-11-18/h2-5,10-11,16H,6-9,12-15H2,1H3. The second kappa shape index (κ2) is 7.74. The highest BCUT2D eigenvalue weighted by Crippen LogP contribution is 2.53. The quantitative estimate of drug-likeness (QED) is 0.693. The molecule has 2 fully saturated rings. The molecule has 7 nitrogen and oxygen atoms in total. The summed E-state index contributed by atoms with van der Waals surface area (Å²) >= 11 is 0. The number of hydrogen-bond acceptors (Lipinski definition) is 5. The lowest BCUT2D eigenvalue weighted by molar-refractivity contribution is -0.185. The summed E-state index contributed by atoms with van der Waals surface area (Å²) in [5.41, 5.74) is -0.462. The summed E-state index contributed by atoms with van der Waals surface area (Å²) in [5, 5.41) is 0. The first-order chi connectivity index (χ1) is 15.7. The van der Waals surface area contributed by atoms with Crippen LogP contribution in [0.25, 0.3) is 0 Å². The normalized spacial score (nSPS) is 22.5. The van der Waals surface area contributed by atoms with Gasteiger partial charge in [-0.3, -0.25) is 9.59 Å². The van der Waals surface area contributed by atoms with E-state index < -0.39 is 29.8 Å². The van der Waals surface area contributed by atoms with Crippen molar-refractivity contribution in [2.45, 2.75) is 50.7 Å². The topological polar surface area (TPSA) is 75.6 Å². The first-order valence-corrected chi connectivity index (χ1v) is 11.2. The predicted molar refractivity (Wildman–Crippen MR) is 115 cm³/mol. The molecule has 1 aromatic heterocycles. The number of rotatable bonds is 2. The number of amides is 2. The zero-order valence-electron chi connectivity index (χ0n) is 18.5. The molecular weight excluding hydrogens is 430 g/mol. The van der Waals surface area contributed by atoms with Gasteiger partial charge in [0, 0.05) is 63.3 Å². The van der Waals surface area contributed by atoms with E-state index in [4.69, 9.17) is 4.74 Å². The van der Waals surface area contributed by atoms with Crippen molar-refractivity contribution in [3.63, 3.8) is 0 Å². The molecule has 0 unspecified atom stereocenters. The number of halogens is 2. The summed E-state index contributed by atoms with van der Waals surface area (Å²) in [4.78, 5) is 37.5. The van der Waals surface area contributed by atoms with Crippen molar-refractivity contribution in [2.75, 3.05) is 19.6 Å². The number of aromatic nitrogens is 2. The molecular formula is C24H26F2N4O3. The summed E-state index contributed by atoms with van der Waals surface area (Å²) < 4.78 is 33.8. The maximum absolute atomic E-state index is 13.6. The Balaban J connectivity index is 1.37. The van der Waals surface area contributed by atoms with Gasteiger partial charge in [0.05, 0.1) is 17.5 Å². The average Bonchev–Trinajstić information content (AvgIpc) is 2.94. The molecule has 0 N–H and O–H groups in total. The van der Waals surface area contributed by atoms with E-state index in [9.17, 15) is 18.4 Å². The molecule has 1 saturated heterocycles. The van der Waals surface area contributed by atoms with Gasteiger partial charge in [-0.1, -0.05) is 25.1 Å².